The number of ether oxygens (including phenoxy) is 1. The molecule has 0 radical (unpaired) electrons. The molecule has 0 saturated carbocycles. The van der Waals surface area contributed by atoms with Crippen LogP contribution in [0.1, 0.15) is 6.42 Å². The summed E-state index contributed by atoms with van der Waals surface area (Å²) in [4.78, 5) is 13.9. The van der Waals surface area contributed by atoms with Gasteiger partial charge in [-0.15, -0.1) is 12.4 Å². The molecule has 1 atom stereocenters. The number of nitrogens with two attached hydrogens (primary N) is 1. The molecule has 0 unspecified atom stereocenters. The van der Waals surface area contributed by atoms with Crippen molar-refractivity contribution in [3.63, 3.8) is 0 Å². The van der Waals surface area contributed by atoms with E-state index in [1.807, 2.05) is 24.3 Å². The van der Waals surface area contributed by atoms with Gasteiger partial charge in [0.05, 0.1) is 13.7 Å². The van der Waals surface area contributed by atoms with Crippen molar-refractivity contribution in [1.29, 1.82) is 0 Å². The minimum absolute atomic E-state index is 0. The molecule has 0 aromatic heterocycles. The predicted octanol–water partition coefficient (Wildman–Crippen LogP) is 1.09. The highest BCUT2D eigenvalue weighted by molar-refractivity contribution is 5.92. The van der Waals surface area contributed by atoms with E-state index in [2.05, 4.69) is 10.2 Å². The number of benzene rings is 1. The van der Waals surface area contributed by atoms with Crippen molar-refractivity contribution < 1.29 is 9.53 Å². The van der Waals surface area contributed by atoms with Crippen LogP contribution in [0, 0.1) is 0 Å². The summed E-state index contributed by atoms with van der Waals surface area (Å²) in [7, 11) is 1.62. The van der Waals surface area contributed by atoms with E-state index >= 15 is 0 Å². The number of carbonyl (C=O) groups is 1. The third kappa shape index (κ3) is 4.70. The van der Waals surface area contributed by atoms with Crippen molar-refractivity contribution in [3.8, 4) is 5.75 Å². The molecule has 1 aromatic carbocycles. The number of likely N-dealkylation sites (tertiary alicyclic amines) is 1. The van der Waals surface area contributed by atoms with E-state index in [1.165, 1.54) is 0 Å². The Morgan fingerprint density at radius 3 is 2.68 bits per heavy atom. The third-order valence-electron chi connectivity index (χ3n) is 3.05. The van der Waals surface area contributed by atoms with Crippen LogP contribution >= 0.6 is 12.4 Å². The number of halogens is 1. The summed E-state index contributed by atoms with van der Waals surface area (Å²) in [6.45, 7) is 2.10. The van der Waals surface area contributed by atoms with Gasteiger partial charge in [0.15, 0.2) is 0 Å². The Kier molecular flexibility index (Phi) is 6.08. The molecule has 19 heavy (non-hydrogen) atoms. The van der Waals surface area contributed by atoms with Gasteiger partial charge >= 0.3 is 0 Å². The van der Waals surface area contributed by atoms with Gasteiger partial charge in [0.1, 0.15) is 5.75 Å². The number of hydrogen-bond donors (Lipinski definition) is 2. The Balaban J connectivity index is 0.00000180. The molecular weight excluding hydrogens is 266 g/mol. The zero-order valence-electron chi connectivity index (χ0n) is 11.0. The predicted molar refractivity (Wildman–Crippen MR) is 77.9 cm³/mol. The zero-order chi connectivity index (χ0) is 13.0. The molecule has 5 nitrogen and oxygen atoms in total. The van der Waals surface area contributed by atoms with Gasteiger partial charge in [-0.25, -0.2) is 0 Å². The van der Waals surface area contributed by atoms with Gasteiger partial charge in [-0.2, -0.15) is 0 Å². The molecule has 6 heteroatoms. The lowest BCUT2D eigenvalue weighted by Gasteiger charge is -2.14. The van der Waals surface area contributed by atoms with Crippen LogP contribution in [0.3, 0.4) is 0 Å². The molecule has 1 aliphatic rings. The van der Waals surface area contributed by atoms with Crippen LogP contribution < -0.4 is 15.8 Å². The first-order valence-corrected chi connectivity index (χ1v) is 6.09. The van der Waals surface area contributed by atoms with Crippen molar-refractivity contribution in [1.82, 2.24) is 4.90 Å². The van der Waals surface area contributed by atoms with Gasteiger partial charge in [-0.1, -0.05) is 0 Å². The number of hydrogen-bond acceptors (Lipinski definition) is 4. The van der Waals surface area contributed by atoms with Gasteiger partial charge in [-0.3, -0.25) is 9.69 Å². The highest BCUT2D eigenvalue weighted by atomic mass is 35.5. The van der Waals surface area contributed by atoms with Gasteiger partial charge in [-0.05, 0) is 30.7 Å². The maximum absolute atomic E-state index is 11.8. The lowest BCUT2D eigenvalue weighted by atomic mass is 10.3. The van der Waals surface area contributed by atoms with Crippen LogP contribution in [0.4, 0.5) is 5.69 Å². The van der Waals surface area contributed by atoms with Crippen molar-refractivity contribution in [3.05, 3.63) is 24.3 Å². The first-order chi connectivity index (χ1) is 8.67. The van der Waals surface area contributed by atoms with Gasteiger partial charge in [0.25, 0.3) is 0 Å². The molecule has 1 amide bonds. The normalized spacial score (nSPS) is 18.7. The lowest BCUT2D eigenvalue weighted by Crippen LogP contribution is -2.33. The van der Waals surface area contributed by atoms with Crippen LogP contribution in [0.5, 0.6) is 5.75 Å². The number of carbonyl (C=O) groups excluding carboxylic acids is 1. The fraction of sp³-hybridized carbons (Fsp3) is 0.462. The standard InChI is InChI=1S/C13H19N3O2.ClH/c1-18-12-4-2-11(3-5-12)15-13(17)9-16-7-6-10(14)8-16;/h2-5,10H,6-9,14H2,1H3,(H,15,17);1H/t10-;/m1./s1. The number of nitrogens with one attached hydrogen (secondary N) is 1. The van der Waals surface area contributed by atoms with Crippen molar-refractivity contribution in [2.24, 2.45) is 5.73 Å². The molecule has 0 aliphatic carbocycles. The summed E-state index contributed by atoms with van der Waals surface area (Å²) in [5.74, 6) is 0.771. The number of rotatable bonds is 4. The molecular formula is C13H20ClN3O2. The van der Waals surface area contributed by atoms with Gasteiger partial charge in [0.2, 0.25) is 5.91 Å². The van der Waals surface area contributed by atoms with E-state index < -0.39 is 0 Å². The number of amides is 1. The molecule has 1 heterocycles. The second-order valence-electron chi connectivity index (χ2n) is 4.56. The maximum Gasteiger partial charge on any atom is 0.238 e. The minimum atomic E-state index is -0.00531. The molecule has 0 spiro atoms. The van der Waals surface area contributed by atoms with E-state index in [4.69, 9.17) is 10.5 Å². The topological polar surface area (TPSA) is 67.6 Å². The SMILES string of the molecule is COc1ccc(NC(=O)CN2CC[C@@H](N)C2)cc1.Cl. The van der Waals surface area contributed by atoms with E-state index in [0.29, 0.717) is 6.54 Å². The Morgan fingerprint density at radius 1 is 1.47 bits per heavy atom. The molecule has 1 saturated heterocycles. The Bertz CT molecular complexity index is 411. The smallest absolute Gasteiger partial charge is 0.238 e. The van der Waals surface area contributed by atoms with Crippen LogP contribution in [0.15, 0.2) is 24.3 Å². The molecule has 3 N–H and O–H groups in total. The minimum Gasteiger partial charge on any atom is -0.497 e. The maximum atomic E-state index is 11.8. The first-order valence-electron chi connectivity index (χ1n) is 6.09. The van der Waals surface area contributed by atoms with E-state index in [9.17, 15) is 4.79 Å². The second-order valence-corrected chi connectivity index (χ2v) is 4.56. The molecule has 1 aliphatic heterocycles. The van der Waals surface area contributed by atoms with E-state index in [0.717, 1.165) is 30.9 Å². The second kappa shape index (κ2) is 7.33. The summed E-state index contributed by atoms with van der Waals surface area (Å²) in [5.41, 5.74) is 6.58. The van der Waals surface area contributed by atoms with Crippen LogP contribution in [0.2, 0.25) is 0 Å². The molecule has 1 fully saturated rings. The molecule has 0 bridgehead atoms. The third-order valence-corrected chi connectivity index (χ3v) is 3.05. The zero-order valence-corrected chi connectivity index (χ0v) is 11.8. The first kappa shape index (κ1) is 15.8. The summed E-state index contributed by atoms with van der Waals surface area (Å²) >= 11 is 0. The monoisotopic (exact) mass is 285 g/mol. The number of anilines is 1. The Labute approximate surface area is 119 Å². The van der Waals surface area contributed by atoms with E-state index in [-0.39, 0.29) is 24.4 Å². The van der Waals surface area contributed by atoms with Crippen LogP contribution in [-0.4, -0.2) is 43.6 Å². The highest BCUT2D eigenvalue weighted by Crippen LogP contribution is 2.15. The van der Waals surface area contributed by atoms with Crippen molar-refractivity contribution >= 4 is 24.0 Å². The Hall–Kier alpha value is -1.30. The van der Waals surface area contributed by atoms with Crippen LogP contribution in [-0.2, 0) is 4.79 Å². The summed E-state index contributed by atoms with van der Waals surface area (Å²) < 4.78 is 5.06. The van der Waals surface area contributed by atoms with Crippen LogP contribution in [0.25, 0.3) is 0 Å². The lowest BCUT2D eigenvalue weighted by molar-refractivity contribution is -0.117. The molecule has 1 aromatic rings. The van der Waals surface area contributed by atoms with Gasteiger partial charge < -0.3 is 15.8 Å². The summed E-state index contributed by atoms with van der Waals surface area (Å²) in [5, 5.41) is 2.86. The van der Waals surface area contributed by atoms with Crippen molar-refractivity contribution in [2.45, 2.75) is 12.5 Å². The molecule has 106 valence electrons. The fourth-order valence-electron chi connectivity index (χ4n) is 2.08. The average molecular weight is 286 g/mol. The summed E-state index contributed by atoms with van der Waals surface area (Å²) in [6, 6.07) is 7.50. The highest BCUT2D eigenvalue weighted by Gasteiger charge is 2.20. The number of methoxy groups -OCH3 is 1. The molecule has 2 rings (SSSR count). The quantitative estimate of drug-likeness (QED) is 0.869. The summed E-state index contributed by atoms with van der Waals surface area (Å²) in [6.07, 6.45) is 0.968. The Morgan fingerprint density at radius 2 is 2.16 bits per heavy atom. The number of nitrogens with zero attached hydrogens (tertiary/aromatic N) is 1. The van der Waals surface area contributed by atoms with Crippen molar-refractivity contribution in [2.75, 3.05) is 32.1 Å². The van der Waals surface area contributed by atoms with Gasteiger partial charge in [0, 0.05) is 24.8 Å². The largest absolute Gasteiger partial charge is 0.497 e. The average Bonchev–Trinajstić information content (AvgIpc) is 2.75. The van der Waals surface area contributed by atoms with E-state index in [1.54, 1.807) is 7.11 Å². The fourth-order valence-corrected chi connectivity index (χ4v) is 2.08.